The highest BCUT2D eigenvalue weighted by molar-refractivity contribution is 6.00. The molecule has 0 radical (unpaired) electrons. The van der Waals surface area contributed by atoms with Crippen molar-refractivity contribution in [1.82, 2.24) is 10.6 Å². The second kappa shape index (κ2) is 16.0. The molecular weight excluding hydrogens is 526 g/mol. The molecule has 0 aliphatic carbocycles. The van der Waals surface area contributed by atoms with Crippen LogP contribution in [0.5, 0.6) is 5.75 Å². The molecule has 0 aliphatic rings. The Bertz CT molecular complexity index is 1250. The Morgan fingerprint density at radius 1 is 1.00 bits per heavy atom. The van der Waals surface area contributed by atoms with Crippen LogP contribution >= 0.6 is 0 Å². The number of amides is 2. The van der Waals surface area contributed by atoms with Gasteiger partial charge in [-0.2, -0.15) is 0 Å². The summed E-state index contributed by atoms with van der Waals surface area (Å²) in [5, 5.41) is 14.6. The number of aliphatic carboxylic acids is 1. The van der Waals surface area contributed by atoms with Crippen molar-refractivity contribution in [3.05, 3.63) is 58.7 Å². The lowest BCUT2D eigenvalue weighted by Crippen LogP contribution is -2.48. The first-order chi connectivity index (χ1) is 19.4. The van der Waals surface area contributed by atoms with E-state index in [-0.39, 0.29) is 31.1 Å². The van der Waals surface area contributed by atoms with Crippen molar-refractivity contribution in [2.45, 2.75) is 65.8 Å². The first kappa shape index (κ1) is 32.8. The van der Waals surface area contributed by atoms with Gasteiger partial charge in [0.2, 0.25) is 5.91 Å². The number of carbonyl (C=O) groups excluding carboxylic acids is 3. The van der Waals surface area contributed by atoms with Crippen LogP contribution in [0.25, 0.3) is 0 Å². The van der Waals surface area contributed by atoms with Crippen molar-refractivity contribution in [2.24, 2.45) is 22.4 Å². The van der Waals surface area contributed by atoms with E-state index in [0.717, 1.165) is 19.3 Å². The summed E-state index contributed by atoms with van der Waals surface area (Å²) in [6, 6.07) is 8.48. The van der Waals surface area contributed by atoms with Gasteiger partial charge in [-0.3, -0.25) is 14.4 Å². The van der Waals surface area contributed by atoms with Gasteiger partial charge in [0.25, 0.3) is 5.91 Å². The molecule has 0 fully saturated rings. The van der Waals surface area contributed by atoms with Crippen LogP contribution in [0.2, 0.25) is 0 Å². The van der Waals surface area contributed by atoms with Gasteiger partial charge >= 0.3 is 5.97 Å². The van der Waals surface area contributed by atoms with Gasteiger partial charge in [0.05, 0.1) is 12.3 Å². The highest BCUT2D eigenvalue weighted by atomic mass is 16.5. The number of nitrogens with zero attached hydrogens (tertiary/aromatic N) is 1. The Kier molecular flexibility index (Phi) is 12.8. The topological polar surface area (TPSA) is 186 Å². The fraction of sp³-hybridized carbons (Fsp3) is 0.433. The molecule has 11 nitrogen and oxygen atoms in total. The number of carbonyl (C=O) groups is 4. The maximum absolute atomic E-state index is 13.0. The van der Waals surface area contributed by atoms with E-state index in [1.807, 2.05) is 0 Å². The number of hydrogen-bond acceptors (Lipinski definition) is 6. The molecule has 1 atom stereocenters. The van der Waals surface area contributed by atoms with Crippen LogP contribution < -0.4 is 26.8 Å². The second-order valence-corrected chi connectivity index (χ2v) is 10.3. The van der Waals surface area contributed by atoms with Crippen molar-refractivity contribution in [3.63, 3.8) is 0 Å². The molecular formula is C30H41N5O6. The van der Waals surface area contributed by atoms with E-state index >= 15 is 0 Å². The zero-order valence-corrected chi connectivity index (χ0v) is 24.2. The Hall–Kier alpha value is -4.41. The molecule has 0 spiro atoms. The molecule has 1 unspecified atom stereocenters. The summed E-state index contributed by atoms with van der Waals surface area (Å²) >= 11 is 0. The van der Waals surface area contributed by atoms with Crippen molar-refractivity contribution in [2.75, 3.05) is 13.2 Å². The lowest BCUT2D eigenvalue weighted by molar-refractivity contribution is -0.139. The molecule has 7 N–H and O–H groups in total. The lowest BCUT2D eigenvalue weighted by atomic mass is 10.0. The predicted molar refractivity (Wildman–Crippen MR) is 157 cm³/mol. The van der Waals surface area contributed by atoms with Gasteiger partial charge in [-0.25, -0.2) is 9.79 Å². The summed E-state index contributed by atoms with van der Waals surface area (Å²) < 4.78 is 5.84. The predicted octanol–water partition coefficient (Wildman–Crippen LogP) is 3.38. The van der Waals surface area contributed by atoms with E-state index in [9.17, 15) is 24.3 Å². The minimum absolute atomic E-state index is 0.105. The van der Waals surface area contributed by atoms with Crippen LogP contribution in [-0.4, -0.2) is 53.8 Å². The number of aryl methyl sites for hydroxylation is 2. The quantitative estimate of drug-likeness (QED) is 0.0884. The van der Waals surface area contributed by atoms with E-state index in [4.69, 9.17) is 16.2 Å². The average molecular weight is 568 g/mol. The maximum Gasteiger partial charge on any atom is 0.328 e. The summed E-state index contributed by atoms with van der Waals surface area (Å²) in [4.78, 5) is 53.5. The number of unbranched alkanes of at least 4 members (excludes halogenated alkanes) is 1. The number of benzene rings is 2. The standard InChI is InChI=1S/C30H41N5O6/c1-18(2)8-5-6-13-41-23-14-19(3)27(20(4)15-23)28(38)35-24(29(39)40)17-33-26(37)12-11-25(36)21-9-7-10-22(16-21)34-30(31)32/h7,9-10,14-16,18,24H,5-6,8,11-13,17H2,1-4H3,(H,33,37)(H,35,38)(H,39,40)(H4,31,32,34). The van der Waals surface area contributed by atoms with Gasteiger partial charge in [0.1, 0.15) is 11.8 Å². The van der Waals surface area contributed by atoms with Crippen molar-refractivity contribution in [3.8, 4) is 5.75 Å². The molecule has 0 aromatic heterocycles. The summed E-state index contributed by atoms with van der Waals surface area (Å²) in [6.07, 6.45) is 2.88. The Balaban J connectivity index is 1.91. The third-order valence-corrected chi connectivity index (χ3v) is 6.29. The molecule has 222 valence electrons. The zero-order chi connectivity index (χ0) is 30.5. The number of rotatable bonds is 16. The number of guanidine groups is 1. The van der Waals surface area contributed by atoms with Crippen LogP contribution in [0.3, 0.4) is 0 Å². The molecule has 0 heterocycles. The number of carboxylic acid groups (broad SMARTS) is 1. The molecule has 0 aliphatic heterocycles. The second-order valence-electron chi connectivity index (χ2n) is 10.3. The minimum Gasteiger partial charge on any atom is -0.494 e. The number of ether oxygens (including phenoxy) is 1. The van der Waals surface area contributed by atoms with E-state index in [1.165, 1.54) is 6.07 Å². The van der Waals surface area contributed by atoms with Gasteiger partial charge in [0.15, 0.2) is 11.7 Å². The van der Waals surface area contributed by atoms with Crippen molar-refractivity contribution >= 4 is 35.2 Å². The van der Waals surface area contributed by atoms with Crippen LogP contribution in [0.15, 0.2) is 41.4 Å². The number of hydrogen-bond donors (Lipinski definition) is 5. The van der Waals surface area contributed by atoms with Crippen LogP contribution in [0.4, 0.5) is 5.69 Å². The van der Waals surface area contributed by atoms with E-state index in [0.29, 0.717) is 46.2 Å². The van der Waals surface area contributed by atoms with Gasteiger partial charge in [0, 0.05) is 30.5 Å². The number of ketones is 1. The Labute approximate surface area is 240 Å². The summed E-state index contributed by atoms with van der Waals surface area (Å²) in [5.74, 6) is -1.54. The van der Waals surface area contributed by atoms with E-state index < -0.39 is 23.8 Å². The smallest absolute Gasteiger partial charge is 0.328 e. The fourth-order valence-corrected chi connectivity index (χ4v) is 4.21. The Morgan fingerprint density at radius 2 is 1.68 bits per heavy atom. The highest BCUT2D eigenvalue weighted by Gasteiger charge is 2.24. The van der Waals surface area contributed by atoms with Crippen LogP contribution in [-0.2, 0) is 9.59 Å². The highest BCUT2D eigenvalue weighted by Crippen LogP contribution is 2.23. The molecule has 0 bridgehead atoms. The Morgan fingerprint density at radius 3 is 2.29 bits per heavy atom. The largest absolute Gasteiger partial charge is 0.494 e. The van der Waals surface area contributed by atoms with E-state index in [2.05, 4.69) is 29.5 Å². The molecule has 41 heavy (non-hydrogen) atoms. The molecule has 0 saturated carbocycles. The summed E-state index contributed by atoms with van der Waals surface area (Å²) in [5.41, 5.74) is 13.1. The number of carboxylic acids is 1. The van der Waals surface area contributed by atoms with Crippen molar-refractivity contribution < 1.29 is 29.0 Å². The molecule has 2 amide bonds. The molecule has 2 aromatic rings. The van der Waals surface area contributed by atoms with Crippen LogP contribution in [0.1, 0.15) is 77.8 Å². The molecule has 2 rings (SSSR count). The first-order valence-electron chi connectivity index (χ1n) is 13.6. The third-order valence-electron chi connectivity index (χ3n) is 6.29. The summed E-state index contributed by atoms with van der Waals surface area (Å²) in [6.45, 7) is 8.12. The minimum atomic E-state index is -1.37. The number of nitrogens with two attached hydrogens (primary N) is 2. The van der Waals surface area contributed by atoms with Gasteiger partial charge < -0.3 is 31.9 Å². The number of Topliss-reactive ketones (excluding diaryl/α,β-unsaturated/α-hetero) is 1. The SMILES string of the molecule is Cc1cc(OCCCCC(C)C)cc(C)c1C(=O)NC(CNC(=O)CCC(=O)c1cccc(N=C(N)N)c1)C(=O)O. The van der Waals surface area contributed by atoms with Gasteiger partial charge in [-0.1, -0.05) is 32.4 Å². The summed E-state index contributed by atoms with van der Waals surface area (Å²) in [7, 11) is 0. The first-order valence-corrected chi connectivity index (χ1v) is 13.6. The fourth-order valence-electron chi connectivity index (χ4n) is 4.21. The maximum atomic E-state index is 13.0. The number of nitrogens with one attached hydrogen (secondary N) is 2. The van der Waals surface area contributed by atoms with E-state index in [1.54, 1.807) is 44.2 Å². The zero-order valence-electron chi connectivity index (χ0n) is 24.2. The molecule has 2 aromatic carbocycles. The molecule has 11 heteroatoms. The van der Waals surface area contributed by atoms with Gasteiger partial charge in [-0.15, -0.1) is 0 Å². The number of aliphatic imine (C=N–C) groups is 1. The third kappa shape index (κ3) is 11.3. The van der Waals surface area contributed by atoms with Gasteiger partial charge in [-0.05, 0) is 68.0 Å². The molecule has 0 saturated heterocycles. The van der Waals surface area contributed by atoms with Crippen molar-refractivity contribution in [1.29, 1.82) is 0 Å². The average Bonchev–Trinajstić information content (AvgIpc) is 2.88. The monoisotopic (exact) mass is 567 g/mol. The normalized spacial score (nSPS) is 11.4. The van der Waals surface area contributed by atoms with Crippen LogP contribution in [0, 0.1) is 19.8 Å². The lowest BCUT2D eigenvalue weighted by Gasteiger charge is -2.18.